The zero-order valence-electron chi connectivity index (χ0n) is 11.8. The molecular weight excluding hydrogens is 304 g/mol. The number of hydrogen-bond acceptors (Lipinski definition) is 4. The standard InChI is InChI=1S/C15H15ClN4O2/c1-8-2-4-13(11(18)6-8)20-15(22)14(21)19-12-5-3-9(17)7-10(12)16/h2-7H,17-18H2,1H3,(H,19,21)(H,20,22). The van der Waals surface area contributed by atoms with Crippen LogP contribution in [0.2, 0.25) is 5.02 Å². The number of rotatable bonds is 2. The van der Waals surface area contributed by atoms with Gasteiger partial charge < -0.3 is 22.1 Å². The van der Waals surface area contributed by atoms with Crippen LogP contribution in [0.4, 0.5) is 22.7 Å². The van der Waals surface area contributed by atoms with Crippen LogP contribution in [0.15, 0.2) is 36.4 Å². The Morgan fingerprint density at radius 3 is 2.14 bits per heavy atom. The number of nitrogens with two attached hydrogens (primary N) is 2. The topological polar surface area (TPSA) is 110 Å². The van der Waals surface area contributed by atoms with E-state index < -0.39 is 11.8 Å². The molecule has 6 nitrogen and oxygen atoms in total. The van der Waals surface area contributed by atoms with Crippen molar-refractivity contribution in [1.29, 1.82) is 0 Å². The average Bonchev–Trinajstić information content (AvgIpc) is 2.44. The maximum atomic E-state index is 11.9. The van der Waals surface area contributed by atoms with E-state index in [9.17, 15) is 9.59 Å². The van der Waals surface area contributed by atoms with Crippen LogP contribution in [0.5, 0.6) is 0 Å². The number of carbonyl (C=O) groups excluding carboxylic acids is 2. The lowest BCUT2D eigenvalue weighted by Gasteiger charge is -2.10. The normalized spacial score (nSPS) is 10.1. The molecule has 0 heterocycles. The average molecular weight is 319 g/mol. The molecule has 2 rings (SSSR count). The molecule has 114 valence electrons. The molecule has 2 aromatic rings. The molecular formula is C15H15ClN4O2. The Morgan fingerprint density at radius 1 is 0.955 bits per heavy atom. The number of nitrogen functional groups attached to an aromatic ring is 2. The van der Waals surface area contributed by atoms with Crippen molar-refractivity contribution in [1.82, 2.24) is 0 Å². The Bertz CT molecular complexity index is 683. The van der Waals surface area contributed by atoms with Crippen LogP contribution in [0.1, 0.15) is 5.56 Å². The largest absolute Gasteiger partial charge is 0.399 e. The van der Waals surface area contributed by atoms with E-state index in [2.05, 4.69) is 10.6 Å². The van der Waals surface area contributed by atoms with Crippen LogP contribution in [-0.2, 0) is 9.59 Å². The summed E-state index contributed by atoms with van der Waals surface area (Å²) >= 11 is 5.93. The highest BCUT2D eigenvalue weighted by atomic mass is 35.5. The summed E-state index contributed by atoms with van der Waals surface area (Å²) in [4.78, 5) is 23.8. The second kappa shape index (κ2) is 6.36. The van der Waals surface area contributed by atoms with Gasteiger partial charge in [-0.15, -0.1) is 0 Å². The van der Waals surface area contributed by atoms with E-state index in [1.807, 2.05) is 6.92 Å². The van der Waals surface area contributed by atoms with Crippen LogP contribution >= 0.6 is 11.6 Å². The Hall–Kier alpha value is -2.73. The van der Waals surface area contributed by atoms with Gasteiger partial charge in [0.15, 0.2) is 0 Å². The van der Waals surface area contributed by atoms with E-state index in [4.69, 9.17) is 23.1 Å². The minimum absolute atomic E-state index is 0.246. The molecule has 6 N–H and O–H groups in total. The van der Waals surface area contributed by atoms with Crippen molar-refractivity contribution in [2.45, 2.75) is 6.92 Å². The van der Waals surface area contributed by atoms with Crippen molar-refractivity contribution in [3.63, 3.8) is 0 Å². The molecule has 0 atom stereocenters. The second-order valence-electron chi connectivity index (χ2n) is 4.74. The van der Waals surface area contributed by atoms with E-state index in [-0.39, 0.29) is 5.02 Å². The van der Waals surface area contributed by atoms with Crippen molar-refractivity contribution in [3.05, 3.63) is 47.0 Å². The first-order valence-electron chi connectivity index (χ1n) is 6.40. The Balaban J connectivity index is 2.07. The second-order valence-corrected chi connectivity index (χ2v) is 5.15. The third-order valence-electron chi connectivity index (χ3n) is 2.90. The molecule has 0 aliphatic rings. The smallest absolute Gasteiger partial charge is 0.314 e. The molecule has 0 bridgehead atoms. The summed E-state index contributed by atoms with van der Waals surface area (Å²) in [5, 5.41) is 5.10. The number of halogens is 1. The van der Waals surface area contributed by atoms with E-state index in [0.717, 1.165) is 5.56 Å². The SMILES string of the molecule is Cc1ccc(NC(=O)C(=O)Nc2ccc(N)cc2Cl)c(N)c1. The highest BCUT2D eigenvalue weighted by molar-refractivity contribution is 6.45. The van der Waals surface area contributed by atoms with Gasteiger partial charge >= 0.3 is 11.8 Å². The van der Waals surface area contributed by atoms with Gasteiger partial charge in [0.25, 0.3) is 0 Å². The van der Waals surface area contributed by atoms with Crippen molar-refractivity contribution < 1.29 is 9.59 Å². The number of anilines is 4. The lowest BCUT2D eigenvalue weighted by atomic mass is 10.2. The minimum atomic E-state index is -0.855. The number of nitrogens with one attached hydrogen (secondary N) is 2. The van der Waals surface area contributed by atoms with Gasteiger partial charge in [0.1, 0.15) is 0 Å². The van der Waals surface area contributed by atoms with Crippen molar-refractivity contribution >= 4 is 46.2 Å². The van der Waals surface area contributed by atoms with Gasteiger partial charge in [0, 0.05) is 5.69 Å². The molecule has 0 radical (unpaired) electrons. The Kier molecular flexibility index (Phi) is 4.53. The van der Waals surface area contributed by atoms with Crippen LogP contribution in [0, 0.1) is 6.92 Å². The number of hydrogen-bond donors (Lipinski definition) is 4. The summed E-state index contributed by atoms with van der Waals surface area (Å²) in [5.74, 6) is -1.70. The first kappa shape index (κ1) is 15.7. The van der Waals surface area contributed by atoms with Crippen molar-refractivity contribution in [3.8, 4) is 0 Å². The Morgan fingerprint density at radius 2 is 1.55 bits per heavy atom. The molecule has 22 heavy (non-hydrogen) atoms. The van der Waals surface area contributed by atoms with E-state index >= 15 is 0 Å². The molecule has 2 aromatic carbocycles. The molecule has 0 fully saturated rings. The zero-order chi connectivity index (χ0) is 16.3. The molecule has 0 aliphatic heterocycles. The molecule has 0 aromatic heterocycles. The summed E-state index contributed by atoms with van der Waals surface area (Å²) in [6, 6.07) is 9.67. The molecule has 0 aliphatic carbocycles. The molecule has 0 saturated heterocycles. The first-order valence-corrected chi connectivity index (χ1v) is 6.78. The van der Waals surface area contributed by atoms with Gasteiger partial charge in [0.05, 0.1) is 22.1 Å². The zero-order valence-corrected chi connectivity index (χ0v) is 12.6. The van der Waals surface area contributed by atoms with Gasteiger partial charge in [-0.1, -0.05) is 17.7 Å². The van der Waals surface area contributed by atoms with Gasteiger partial charge in [-0.3, -0.25) is 9.59 Å². The van der Waals surface area contributed by atoms with Crippen LogP contribution in [-0.4, -0.2) is 11.8 Å². The molecule has 0 unspecified atom stereocenters. The fourth-order valence-electron chi connectivity index (χ4n) is 1.79. The monoisotopic (exact) mass is 318 g/mol. The summed E-state index contributed by atoms with van der Waals surface area (Å²) in [6.07, 6.45) is 0. The third kappa shape index (κ3) is 3.67. The quantitative estimate of drug-likeness (QED) is 0.503. The minimum Gasteiger partial charge on any atom is -0.399 e. The molecule has 2 amide bonds. The van der Waals surface area contributed by atoms with Crippen molar-refractivity contribution in [2.75, 3.05) is 22.1 Å². The van der Waals surface area contributed by atoms with Gasteiger partial charge in [-0.2, -0.15) is 0 Å². The van der Waals surface area contributed by atoms with E-state index in [0.29, 0.717) is 22.7 Å². The fourth-order valence-corrected chi connectivity index (χ4v) is 2.02. The molecule has 7 heteroatoms. The van der Waals surface area contributed by atoms with Crippen LogP contribution < -0.4 is 22.1 Å². The first-order chi connectivity index (χ1) is 10.4. The van der Waals surface area contributed by atoms with Crippen LogP contribution in [0.25, 0.3) is 0 Å². The van der Waals surface area contributed by atoms with E-state index in [1.165, 1.54) is 12.1 Å². The number of aryl methyl sites for hydroxylation is 1. The summed E-state index contributed by atoms with van der Waals surface area (Å²) < 4.78 is 0. The van der Waals surface area contributed by atoms with Crippen molar-refractivity contribution in [2.24, 2.45) is 0 Å². The molecule has 0 saturated carbocycles. The summed E-state index contributed by atoms with van der Waals surface area (Å²) in [6.45, 7) is 1.87. The highest BCUT2D eigenvalue weighted by Gasteiger charge is 2.16. The van der Waals surface area contributed by atoms with Gasteiger partial charge in [0.2, 0.25) is 0 Å². The lowest BCUT2D eigenvalue weighted by molar-refractivity contribution is -0.132. The lowest BCUT2D eigenvalue weighted by Crippen LogP contribution is -2.29. The maximum absolute atomic E-state index is 11.9. The Labute approximate surface area is 132 Å². The molecule has 0 spiro atoms. The summed E-state index contributed by atoms with van der Waals surface area (Å²) in [5.41, 5.74) is 13.8. The van der Waals surface area contributed by atoms with Gasteiger partial charge in [-0.05, 0) is 42.8 Å². The van der Waals surface area contributed by atoms with Crippen LogP contribution in [0.3, 0.4) is 0 Å². The van der Waals surface area contributed by atoms with E-state index in [1.54, 1.807) is 24.3 Å². The fraction of sp³-hybridized carbons (Fsp3) is 0.0667. The number of amides is 2. The third-order valence-corrected chi connectivity index (χ3v) is 3.22. The predicted molar refractivity (Wildman–Crippen MR) is 88.7 cm³/mol. The number of benzene rings is 2. The predicted octanol–water partition coefficient (Wildman–Crippen LogP) is 2.39. The summed E-state index contributed by atoms with van der Waals surface area (Å²) in [7, 11) is 0. The van der Waals surface area contributed by atoms with Gasteiger partial charge in [-0.25, -0.2) is 0 Å². The number of carbonyl (C=O) groups is 2. The maximum Gasteiger partial charge on any atom is 0.314 e. The highest BCUT2D eigenvalue weighted by Crippen LogP contribution is 2.24.